The number of ether oxygens (including phenoxy) is 1. The Morgan fingerprint density at radius 3 is 2.73 bits per heavy atom. The Bertz CT molecular complexity index is 1470. The van der Waals surface area contributed by atoms with Crippen molar-refractivity contribution < 1.29 is 9.53 Å². The lowest BCUT2D eigenvalue weighted by molar-refractivity contribution is -0.111. The second-order valence-corrected chi connectivity index (χ2v) is 9.24. The van der Waals surface area contributed by atoms with Crippen molar-refractivity contribution in [2.45, 2.75) is 6.04 Å². The minimum Gasteiger partial charge on any atom is -0.494 e. The van der Waals surface area contributed by atoms with E-state index in [0.29, 0.717) is 29.1 Å². The summed E-state index contributed by atoms with van der Waals surface area (Å²) in [5.74, 6) is 0.722. The van der Waals surface area contributed by atoms with Crippen LogP contribution in [0.2, 0.25) is 0 Å². The van der Waals surface area contributed by atoms with E-state index in [1.165, 1.54) is 6.08 Å². The first kappa shape index (κ1) is 24.3. The summed E-state index contributed by atoms with van der Waals surface area (Å²) >= 11 is 0. The van der Waals surface area contributed by atoms with Gasteiger partial charge in [0.25, 0.3) is 0 Å². The Balaban J connectivity index is 1.46. The van der Waals surface area contributed by atoms with Crippen molar-refractivity contribution in [3.05, 3.63) is 61.6 Å². The standard InChI is InChI=1S/C27H30N8O2/c1-6-25(36)30-21-12-22(24(37-5)13-23(21)35-15-19(16-35)33(2)3)32-27-28-9-7-20(31-27)18-11-17-8-10-34(4)26(17)29-14-18/h6-14,19H,1,15-16H2,2-5H3,(H,30,36)(H,28,31,32). The minimum absolute atomic E-state index is 0.288. The zero-order valence-electron chi connectivity index (χ0n) is 21.4. The molecule has 0 unspecified atom stereocenters. The maximum absolute atomic E-state index is 12.2. The van der Waals surface area contributed by atoms with Crippen LogP contribution in [0.25, 0.3) is 22.3 Å². The average Bonchev–Trinajstić information content (AvgIpc) is 3.24. The predicted octanol–water partition coefficient (Wildman–Crippen LogP) is 3.66. The fourth-order valence-electron chi connectivity index (χ4n) is 4.35. The van der Waals surface area contributed by atoms with Gasteiger partial charge in [-0.15, -0.1) is 0 Å². The Labute approximate surface area is 215 Å². The van der Waals surface area contributed by atoms with Gasteiger partial charge in [0.05, 0.1) is 29.9 Å². The van der Waals surface area contributed by atoms with E-state index in [1.54, 1.807) is 19.5 Å². The number of nitrogens with zero attached hydrogens (tertiary/aromatic N) is 6. The Hall–Kier alpha value is -4.44. The summed E-state index contributed by atoms with van der Waals surface area (Å²) < 4.78 is 7.68. The molecule has 1 aliphatic heterocycles. The number of likely N-dealkylation sites (N-methyl/N-ethyl adjacent to an activating group) is 1. The van der Waals surface area contributed by atoms with Gasteiger partial charge in [-0.2, -0.15) is 0 Å². The number of aryl methyl sites for hydroxylation is 1. The van der Waals surface area contributed by atoms with Gasteiger partial charge >= 0.3 is 0 Å². The Kier molecular flexibility index (Phi) is 6.49. The molecule has 0 saturated carbocycles. The number of carbonyl (C=O) groups excluding carboxylic acids is 1. The van der Waals surface area contributed by atoms with Crippen LogP contribution in [0.5, 0.6) is 5.75 Å². The van der Waals surface area contributed by atoms with Gasteiger partial charge in [0, 0.05) is 61.8 Å². The van der Waals surface area contributed by atoms with E-state index in [-0.39, 0.29) is 5.91 Å². The molecule has 10 nitrogen and oxygen atoms in total. The Morgan fingerprint density at radius 2 is 2.00 bits per heavy atom. The molecule has 1 fully saturated rings. The lowest BCUT2D eigenvalue weighted by atomic mass is 10.0. The largest absolute Gasteiger partial charge is 0.494 e. The molecular weight excluding hydrogens is 468 g/mol. The number of carbonyl (C=O) groups is 1. The first-order valence-electron chi connectivity index (χ1n) is 11.9. The van der Waals surface area contributed by atoms with Crippen molar-refractivity contribution in [1.29, 1.82) is 0 Å². The summed E-state index contributed by atoms with van der Waals surface area (Å²) in [5.41, 5.74) is 4.70. The van der Waals surface area contributed by atoms with E-state index in [4.69, 9.17) is 9.72 Å². The molecule has 0 aliphatic carbocycles. The molecular formula is C27H30N8O2. The van der Waals surface area contributed by atoms with E-state index in [1.807, 2.05) is 42.1 Å². The van der Waals surface area contributed by atoms with Crippen LogP contribution >= 0.6 is 0 Å². The fourth-order valence-corrected chi connectivity index (χ4v) is 4.35. The number of hydrogen-bond acceptors (Lipinski definition) is 8. The number of rotatable bonds is 8. The molecule has 4 heterocycles. The molecule has 4 aromatic rings. The number of methoxy groups -OCH3 is 1. The predicted molar refractivity (Wildman–Crippen MR) is 147 cm³/mol. The number of fused-ring (bicyclic) bond motifs is 1. The van der Waals surface area contributed by atoms with Crippen molar-refractivity contribution in [3.8, 4) is 17.0 Å². The molecule has 2 N–H and O–H groups in total. The minimum atomic E-state index is -0.288. The average molecular weight is 499 g/mol. The second-order valence-electron chi connectivity index (χ2n) is 9.24. The van der Waals surface area contributed by atoms with Crippen LogP contribution in [0.3, 0.4) is 0 Å². The summed E-state index contributed by atoms with van der Waals surface area (Å²) in [6.07, 6.45) is 6.74. The molecule has 5 rings (SSSR count). The van der Waals surface area contributed by atoms with Gasteiger partial charge in [0.15, 0.2) is 0 Å². The fraction of sp³-hybridized carbons (Fsp3) is 0.259. The van der Waals surface area contributed by atoms with E-state index in [2.05, 4.69) is 57.1 Å². The highest BCUT2D eigenvalue weighted by atomic mass is 16.5. The molecule has 1 aromatic carbocycles. The van der Waals surface area contributed by atoms with Crippen LogP contribution in [0, 0.1) is 0 Å². The number of hydrogen-bond donors (Lipinski definition) is 2. The van der Waals surface area contributed by atoms with Crippen LogP contribution in [0.1, 0.15) is 0 Å². The molecule has 1 aliphatic rings. The van der Waals surface area contributed by atoms with Crippen LogP contribution in [0.4, 0.5) is 23.0 Å². The molecule has 1 saturated heterocycles. The molecule has 10 heteroatoms. The smallest absolute Gasteiger partial charge is 0.247 e. The number of pyridine rings is 1. The van der Waals surface area contributed by atoms with Gasteiger partial charge in [0.2, 0.25) is 11.9 Å². The molecule has 190 valence electrons. The van der Waals surface area contributed by atoms with E-state index in [0.717, 1.165) is 41.1 Å². The highest BCUT2D eigenvalue weighted by molar-refractivity contribution is 6.02. The van der Waals surface area contributed by atoms with E-state index < -0.39 is 0 Å². The summed E-state index contributed by atoms with van der Waals surface area (Å²) in [7, 11) is 7.72. The summed E-state index contributed by atoms with van der Waals surface area (Å²) in [6.45, 7) is 5.29. The van der Waals surface area contributed by atoms with Gasteiger partial charge in [-0.3, -0.25) is 4.79 Å². The van der Waals surface area contributed by atoms with Gasteiger partial charge < -0.3 is 29.7 Å². The number of amides is 1. The summed E-state index contributed by atoms with van der Waals surface area (Å²) in [5, 5.41) is 7.23. The molecule has 1 amide bonds. The third-order valence-corrected chi connectivity index (χ3v) is 6.60. The number of aromatic nitrogens is 4. The first-order chi connectivity index (χ1) is 17.9. The van der Waals surface area contributed by atoms with Crippen molar-refractivity contribution in [2.75, 3.05) is 49.8 Å². The quantitative estimate of drug-likeness (QED) is 0.355. The lowest BCUT2D eigenvalue weighted by Gasteiger charge is -2.45. The van der Waals surface area contributed by atoms with E-state index in [9.17, 15) is 4.79 Å². The molecule has 3 aromatic heterocycles. The van der Waals surface area contributed by atoms with Crippen molar-refractivity contribution in [3.63, 3.8) is 0 Å². The highest BCUT2D eigenvalue weighted by Gasteiger charge is 2.31. The maximum atomic E-state index is 12.2. The number of anilines is 4. The zero-order chi connectivity index (χ0) is 26.1. The van der Waals surface area contributed by atoms with Gasteiger partial charge in [-0.1, -0.05) is 6.58 Å². The third-order valence-electron chi connectivity index (χ3n) is 6.60. The summed E-state index contributed by atoms with van der Waals surface area (Å²) in [6, 6.07) is 10.1. The van der Waals surface area contributed by atoms with Crippen molar-refractivity contribution >= 4 is 40.0 Å². The maximum Gasteiger partial charge on any atom is 0.247 e. The van der Waals surface area contributed by atoms with Crippen LogP contribution < -0.4 is 20.3 Å². The third kappa shape index (κ3) is 4.83. The van der Waals surface area contributed by atoms with Crippen molar-refractivity contribution in [2.24, 2.45) is 7.05 Å². The van der Waals surface area contributed by atoms with Crippen LogP contribution in [-0.4, -0.2) is 70.7 Å². The first-order valence-corrected chi connectivity index (χ1v) is 11.9. The van der Waals surface area contributed by atoms with Gasteiger partial charge in [-0.25, -0.2) is 15.0 Å². The SMILES string of the molecule is C=CC(=O)Nc1cc(Nc2nccc(-c3cnc4c(ccn4C)c3)n2)c(OC)cc1N1CC(N(C)C)C1. The van der Waals surface area contributed by atoms with Gasteiger partial charge in [0.1, 0.15) is 11.4 Å². The zero-order valence-corrected chi connectivity index (χ0v) is 21.4. The highest BCUT2D eigenvalue weighted by Crippen LogP contribution is 2.40. The second kappa shape index (κ2) is 9.90. The van der Waals surface area contributed by atoms with E-state index >= 15 is 0 Å². The lowest BCUT2D eigenvalue weighted by Crippen LogP contribution is -2.57. The molecule has 0 spiro atoms. The molecule has 37 heavy (non-hydrogen) atoms. The number of nitrogens with one attached hydrogen (secondary N) is 2. The molecule has 0 atom stereocenters. The molecule has 0 radical (unpaired) electrons. The number of benzene rings is 1. The van der Waals surface area contributed by atoms with Crippen molar-refractivity contribution in [1.82, 2.24) is 24.4 Å². The van der Waals surface area contributed by atoms with Gasteiger partial charge in [-0.05, 0) is 44.4 Å². The monoisotopic (exact) mass is 498 g/mol. The molecule has 0 bridgehead atoms. The topological polar surface area (TPSA) is 100 Å². The normalized spacial score (nSPS) is 13.5. The Morgan fingerprint density at radius 1 is 1.19 bits per heavy atom. The summed E-state index contributed by atoms with van der Waals surface area (Å²) in [4.78, 5) is 30.3. The van der Waals surface area contributed by atoms with Crippen LogP contribution in [-0.2, 0) is 11.8 Å². The van der Waals surface area contributed by atoms with Crippen LogP contribution in [0.15, 0.2) is 61.6 Å².